The summed E-state index contributed by atoms with van der Waals surface area (Å²) in [6.45, 7) is 7.01. The second kappa shape index (κ2) is 7.70. The maximum Gasteiger partial charge on any atom is 0.261 e. The van der Waals surface area contributed by atoms with E-state index in [9.17, 15) is 13.2 Å². The highest BCUT2D eigenvalue weighted by Crippen LogP contribution is 2.26. The Balaban J connectivity index is 1.76. The molecule has 0 saturated carbocycles. The van der Waals surface area contributed by atoms with Crippen molar-refractivity contribution in [3.8, 4) is 0 Å². The number of carbonyl (C=O) groups is 1. The summed E-state index contributed by atoms with van der Waals surface area (Å²) in [5.74, 6) is -0.103. The topological polar surface area (TPSA) is 75.7 Å². The predicted molar refractivity (Wildman–Crippen MR) is 106 cm³/mol. The number of benzene rings is 2. The first-order valence-corrected chi connectivity index (χ1v) is 10.4. The highest BCUT2D eigenvalue weighted by molar-refractivity contribution is 7.92. The number of nitrogens with zero attached hydrogens (tertiary/aromatic N) is 1. The normalized spacial score (nSPS) is 20.3. The van der Waals surface area contributed by atoms with E-state index in [2.05, 4.69) is 23.5 Å². The fourth-order valence-corrected chi connectivity index (χ4v) is 4.36. The third kappa shape index (κ3) is 4.31. The van der Waals surface area contributed by atoms with Crippen molar-refractivity contribution in [1.29, 1.82) is 0 Å². The zero-order valence-electron chi connectivity index (χ0n) is 15.7. The van der Waals surface area contributed by atoms with Crippen LogP contribution in [0.3, 0.4) is 0 Å². The number of Topliss-reactive ketones (excluding diaryl/α,β-unsaturated/α-hetero) is 1. The summed E-state index contributed by atoms with van der Waals surface area (Å²) in [7, 11) is -3.71. The first-order valence-electron chi connectivity index (χ1n) is 8.88. The summed E-state index contributed by atoms with van der Waals surface area (Å²) < 4.78 is 33.2. The van der Waals surface area contributed by atoms with Gasteiger partial charge >= 0.3 is 0 Å². The van der Waals surface area contributed by atoms with Crippen molar-refractivity contribution in [2.75, 3.05) is 22.8 Å². The number of hydrogen-bond donors (Lipinski definition) is 1. The monoisotopic (exact) mass is 388 g/mol. The van der Waals surface area contributed by atoms with Crippen LogP contribution in [0.4, 0.5) is 11.4 Å². The lowest BCUT2D eigenvalue weighted by molar-refractivity contribution is 0.0757. The summed E-state index contributed by atoms with van der Waals surface area (Å²) in [4.78, 5) is 13.7. The van der Waals surface area contributed by atoms with Gasteiger partial charge in [0.25, 0.3) is 10.0 Å². The van der Waals surface area contributed by atoms with Crippen molar-refractivity contribution >= 4 is 27.2 Å². The zero-order chi connectivity index (χ0) is 19.6. The Morgan fingerprint density at radius 1 is 1.00 bits per heavy atom. The van der Waals surface area contributed by atoms with Crippen LogP contribution < -0.4 is 9.62 Å². The summed E-state index contributed by atoms with van der Waals surface area (Å²) in [5.41, 5.74) is 2.00. The molecule has 2 aromatic carbocycles. The number of hydrogen-bond acceptors (Lipinski definition) is 5. The maximum atomic E-state index is 12.6. The average Bonchev–Trinajstić information content (AvgIpc) is 2.63. The minimum absolute atomic E-state index is 0.103. The first-order chi connectivity index (χ1) is 12.8. The van der Waals surface area contributed by atoms with E-state index in [0.29, 0.717) is 24.5 Å². The van der Waals surface area contributed by atoms with Crippen LogP contribution in [-0.2, 0) is 14.8 Å². The molecule has 0 radical (unpaired) electrons. The van der Waals surface area contributed by atoms with Crippen LogP contribution in [0.25, 0.3) is 0 Å². The fourth-order valence-electron chi connectivity index (χ4n) is 3.30. The zero-order valence-corrected chi connectivity index (χ0v) is 16.5. The number of anilines is 2. The SMILES string of the molecule is CC(=O)c1ccc(S(=O)(=O)Nc2ccc(N3C(C)COCC3C)cc2)cc1. The van der Waals surface area contributed by atoms with E-state index >= 15 is 0 Å². The van der Waals surface area contributed by atoms with E-state index in [4.69, 9.17) is 4.74 Å². The standard InChI is InChI=1S/C20H24N2O4S/c1-14-12-26-13-15(2)22(14)19-8-6-18(7-9-19)21-27(24,25)20-10-4-17(5-11-20)16(3)23/h4-11,14-15,21H,12-13H2,1-3H3. The van der Waals surface area contributed by atoms with Gasteiger partial charge in [-0.1, -0.05) is 12.1 Å². The molecule has 1 aliphatic rings. The Morgan fingerprint density at radius 2 is 1.56 bits per heavy atom. The number of ether oxygens (including phenoxy) is 1. The molecular weight excluding hydrogens is 364 g/mol. The van der Waals surface area contributed by atoms with Crippen LogP contribution in [0.2, 0.25) is 0 Å². The molecule has 0 aliphatic carbocycles. The van der Waals surface area contributed by atoms with Gasteiger partial charge in [0.2, 0.25) is 0 Å². The highest BCUT2D eigenvalue weighted by Gasteiger charge is 2.25. The van der Waals surface area contributed by atoms with Crippen molar-refractivity contribution in [2.24, 2.45) is 0 Å². The van der Waals surface area contributed by atoms with Gasteiger partial charge < -0.3 is 9.64 Å². The lowest BCUT2D eigenvalue weighted by atomic mass is 10.1. The van der Waals surface area contributed by atoms with Gasteiger partial charge in [0.1, 0.15) is 0 Å². The van der Waals surface area contributed by atoms with Gasteiger partial charge in [-0.15, -0.1) is 0 Å². The van der Waals surface area contributed by atoms with E-state index in [1.165, 1.54) is 31.2 Å². The number of carbonyl (C=O) groups excluding carboxylic acids is 1. The van der Waals surface area contributed by atoms with Crippen molar-refractivity contribution in [2.45, 2.75) is 37.8 Å². The van der Waals surface area contributed by atoms with Crippen LogP contribution in [-0.4, -0.2) is 39.5 Å². The van der Waals surface area contributed by atoms with E-state index < -0.39 is 10.0 Å². The number of nitrogens with one attached hydrogen (secondary N) is 1. The van der Waals surface area contributed by atoms with Crippen molar-refractivity contribution < 1.29 is 17.9 Å². The second-order valence-electron chi connectivity index (χ2n) is 6.88. The molecule has 3 rings (SSSR count). The molecule has 1 N–H and O–H groups in total. The third-order valence-electron chi connectivity index (χ3n) is 4.66. The molecule has 1 aliphatic heterocycles. The minimum Gasteiger partial charge on any atom is -0.377 e. The molecule has 0 amide bonds. The molecule has 2 atom stereocenters. The Hall–Kier alpha value is -2.38. The summed E-state index contributed by atoms with van der Waals surface area (Å²) in [6, 6.07) is 13.8. The molecule has 1 saturated heterocycles. The molecule has 7 heteroatoms. The Morgan fingerprint density at radius 3 is 2.07 bits per heavy atom. The minimum atomic E-state index is -3.71. The van der Waals surface area contributed by atoms with E-state index in [1.807, 2.05) is 12.1 Å². The Labute approximate surface area is 160 Å². The van der Waals surface area contributed by atoms with Crippen molar-refractivity contribution in [3.05, 3.63) is 54.1 Å². The second-order valence-corrected chi connectivity index (χ2v) is 8.56. The molecule has 0 aromatic heterocycles. The van der Waals surface area contributed by atoms with Crippen molar-refractivity contribution in [3.63, 3.8) is 0 Å². The molecular formula is C20H24N2O4S. The van der Waals surface area contributed by atoms with Crippen LogP contribution >= 0.6 is 0 Å². The molecule has 6 nitrogen and oxygen atoms in total. The number of ketones is 1. The van der Waals surface area contributed by atoms with Gasteiger partial charge in [-0.3, -0.25) is 9.52 Å². The summed E-state index contributed by atoms with van der Waals surface area (Å²) >= 11 is 0. The number of morpholine rings is 1. The van der Waals surface area contributed by atoms with Crippen LogP contribution in [0.1, 0.15) is 31.1 Å². The largest absolute Gasteiger partial charge is 0.377 e. The number of rotatable bonds is 5. The average molecular weight is 388 g/mol. The van der Waals surface area contributed by atoms with Gasteiger partial charge in [-0.25, -0.2) is 8.42 Å². The van der Waals surface area contributed by atoms with Gasteiger partial charge in [-0.2, -0.15) is 0 Å². The molecule has 27 heavy (non-hydrogen) atoms. The molecule has 1 heterocycles. The van der Waals surface area contributed by atoms with Gasteiger partial charge in [-0.05, 0) is 57.2 Å². The Kier molecular flexibility index (Phi) is 5.53. The number of sulfonamides is 1. The van der Waals surface area contributed by atoms with Gasteiger partial charge in [0.15, 0.2) is 5.78 Å². The quantitative estimate of drug-likeness (QED) is 0.796. The predicted octanol–water partition coefficient (Wildman–Crippen LogP) is 3.30. The lowest BCUT2D eigenvalue weighted by Gasteiger charge is -2.40. The van der Waals surface area contributed by atoms with E-state index in [-0.39, 0.29) is 22.8 Å². The summed E-state index contributed by atoms with van der Waals surface area (Å²) in [5, 5.41) is 0. The lowest BCUT2D eigenvalue weighted by Crippen LogP contribution is -2.49. The smallest absolute Gasteiger partial charge is 0.261 e. The Bertz CT molecular complexity index is 898. The maximum absolute atomic E-state index is 12.6. The van der Waals surface area contributed by atoms with E-state index in [1.54, 1.807) is 12.1 Å². The van der Waals surface area contributed by atoms with Gasteiger partial charge in [0.05, 0.1) is 18.1 Å². The molecule has 2 unspecified atom stereocenters. The molecule has 1 fully saturated rings. The van der Waals surface area contributed by atoms with Gasteiger partial charge in [0, 0.05) is 29.0 Å². The molecule has 0 bridgehead atoms. The first kappa shape index (κ1) is 19.4. The summed E-state index contributed by atoms with van der Waals surface area (Å²) in [6.07, 6.45) is 0. The molecule has 2 aromatic rings. The molecule has 144 valence electrons. The highest BCUT2D eigenvalue weighted by atomic mass is 32.2. The molecule has 0 spiro atoms. The van der Waals surface area contributed by atoms with E-state index in [0.717, 1.165) is 5.69 Å². The third-order valence-corrected chi connectivity index (χ3v) is 6.05. The van der Waals surface area contributed by atoms with Crippen molar-refractivity contribution in [1.82, 2.24) is 0 Å². The van der Waals surface area contributed by atoms with Crippen LogP contribution in [0.15, 0.2) is 53.4 Å². The fraction of sp³-hybridized carbons (Fsp3) is 0.350. The van der Waals surface area contributed by atoms with Crippen LogP contribution in [0, 0.1) is 0 Å². The van der Waals surface area contributed by atoms with Crippen LogP contribution in [0.5, 0.6) is 0 Å².